The lowest BCUT2D eigenvalue weighted by atomic mass is 10.2. The van der Waals surface area contributed by atoms with Gasteiger partial charge in [0.1, 0.15) is 22.9 Å². The molecule has 1 aromatic carbocycles. The highest BCUT2D eigenvalue weighted by Gasteiger charge is 2.23. The third kappa shape index (κ3) is 4.00. The molecule has 1 aliphatic rings. The fourth-order valence-electron chi connectivity index (χ4n) is 3.24. The number of hydrogen-bond donors (Lipinski definition) is 2. The Bertz CT molecular complexity index is 1100. The van der Waals surface area contributed by atoms with Crippen LogP contribution in [0.5, 0.6) is 5.75 Å². The molecule has 0 unspecified atom stereocenters. The van der Waals surface area contributed by atoms with Crippen molar-refractivity contribution in [1.82, 2.24) is 25.0 Å². The lowest BCUT2D eigenvalue weighted by Crippen LogP contribution is -2.36. The van der Waals surface area contributed by atoms with E-state index in [1.807, 2.05) is 6.92 Å². The topological polar surface area (TPSA) is 110 Å². The van der Waals surface area contributed by atoms with Crippen molar-refractivity contribution in [2.45, 2.75) is 20.0 Å². The molecule has 11 heteroatoms. The summed E-state index contributed by atoms with van der Waals surface area (Å²) in [6.45, 7) is 2.73. The molecule has 2 N–H and O–H groups in total. The Hall–Kier alpha value is -3.76. The summed E-state index contributed by atoms with van der Waals surface area (Å²) in [5, 5.41) is 14.2. The van der Waals surface area contributed by atoms with Gasteiger partial charge in [0.25, 0.3) is 0 Å². The maximum absolute atomic E-state index is 13.6. The maximum Gasteiger partial charge on any atom is 0.244 e. The standard InChI is InChI=1S/C19H21FN8O2/c1-11-17-18(27(2)10-16(29)23-17)24-19(22-11)21-7-14-9-28(26-25-14)8-12-6-13(20)4-5-15(12)30-3/h4-6,9H,7-8,10H2,1-3H3,(H,23,29)(H,21,22,24). The minimum atomic E-state index is -0.339. The Morgan fingerprint density at radius 2 is 2.17 bits per heavy atom. The fourth-order valence-corrected chi connectivity index (χ4v) is 3.24. The van der Waals surface area contributed by atoms with Crippen LogP contribution in [0, 0.1) is 12.7 Å². The van der Waals surface area contributed by atoms with Gasteiger partial charge in [-0.2, -0.15) is 4.98 Å². The molecule has 2 aromatic heterocycles. The zero-order valence-corrected chi connectivity index (χ0v) is 16.8. The largest absolute Gasteiger partial charge is 0.496 e. The number of likely N-dealkylation sites (N-methyl/N-ethyl adjacent to an activating group) is 1. The van der Waals surface area contributed by atoms with E-state index in [1.54, 1.807) is 28.9 Å². The van der Waals surface area contributed by atoms with Crippen molar-refractivity contribution in [1.29, 1.82) is 0 Å². The second-order valence-electron chi connectivity index (χ2n) is 6.95. The van der Waals surface area contributed by atoms with Gasteiger partial charge >= 0.3 is 0 Å². The molecule has 0 fully saturated rings. The third-order valence-electron chi connectivity index (χ3n) is 4.67. The van der Waals surface area contributed by atoms with Crippen LogP contribution < -0.4 is 20.3 Å². The van der Waals surface area contributed by atoms with Crippen LogP contribution in [0.15, 0.2) is 24.4 Å². The number of aromatic nitrogens is 5. The van der Waals surface area contributed by atoms with Crippen LogP contribution in [0.25, 0.3) is 0 Å². The molecule has 10 nitrogen and oxygen atoms in total. The van der Waals surface area contributed by atoms with E-state index >= 15 is 0 Å². The number of anilines is 3. The van der Waals surface area contributed by atoms with Gasteiger partial charge < -0.3 is 20.3 Å². The second-order valence-corrected chi connectivity index (χ2v) is 6.95. The first-order valence-electron chi connectivity index (χ1n) is 9.28. The molecule has 4 rings (SSSR count). The molecule has 3 heterocycles. The first kappa shape index (κ1) is 19.6. The number of hydrogen-bond acceptors (Lipinski definition) is 8. The van der Waals surface area contributed by atoms with Gasteiger partial charge in [0.05, 0.1) is 38.6 Å². The second kappa shape index (κ2) is 7.93. The van der Waals surface area contributed by atoms with Gasteiger partial charge in [-0.1, -0.05) is 5.21 Å². The number of aryl methyl sites for hydroxylation is 1. The van der Waals surface area contributed by atoms with E-state index in [0.717, 1.165) is 0 Å². The maximum atomic E-state index is 13.6. The van der Waals surface area contributed by atoms with Gasteiger partial charge in [-0.05, 0) is 25.1 Å². The van der Waals surface area contributed by atoms with Crippen molar-refractivity contribution < 1.29 is 13.9 Å². The first-order valence-corrected chi connectivity index (χ1v) is 9.28. The number of methoxy groups -OCH3 is 1. The number of ether oxygens (including phenoxy) is 1. The van der Waals surface area contributed by atoms with E-state index in [4.69, 9.17) is 4.74 Å². The summed E-state index contributed by atoms with van der Waals surface area (Å²) in [6, 6.07) is 4.35. The van der Waals surface area contributed by atoms with Crippen LogP contribution in [0.4, 0.5) is 21.8 Å². The average molecular weight is 412 g/mol. The van der Waals surface area contributed by atoms with E-state index in [2.05, 4.69) is 30.9 Å². The molecule has 0 atom stereocenters. The number of nitrogens with one attached hydrogen (secondary N) is 2. The predicted octanol–water partition coefficient (Wildman–Crippen LogP) is 1.57. The van der Waals surface area contributed by atoms with Crippen LogP contribution in [0.2, 0.25) is 0 Å². The van der Waals surface area contributed by atoms with Crippen LogP contribution >= 0.6 is 0 Å². The zero-order valence-electron chi connectivity index (χ0n) is 16.8. The molecule has 0 aliphatic carbocycles. The van der Waals surface area contributed by atoms with Gasteiger partial charge in [0.2, 0.25) is 11.9 Å². The molecule has 0 bridgehead atoms. The average Bonchev–Trinajstić information content (AvgIpc) is 3.15. The monoisotopic (exact) mass is 412 g/mol. The number of fused-ring (bicyclic) bond motifs is 1. The van der Waals surface area contributed by atoms with Crippen molar-refractivity contribution in [2.75, 3.05) is 36.2 Å². The molecule has 156 valence electrons. The number of rotatable bonds is 6. The minimum Gasteiger partial charge on any atom is -0.496 e. The van der Waals surface area contributed by atoms with Crippen molar-refractivity contribution in [3.63, 3.8) is 0 Å². The summed E-state index contributed by atoms with van der Waals surface area (Å²) in [4.78, 5) is 22.4. The smallest absolute Gasteiger partial charge is 0.244 e. The Morgan fingerprint density at radius 1 is 1.33 bits per heavy atom. The Morgan fingerprint density at radius 3 is 2.97 bits per heavy atom. The molecule has 0 saturated heterocycles. The van der Waals surface area contributed by atoms with Gasteiger partial charge in [0.15, 0.2) is 5.82 Å². The van der Waals surface area contributed by atoms with Gasteiger partial charge in [-0.15, -0.1) is 5.10 Å². The molecule has 1 amide bonds. The number of amides is 1. The van der Waals surface area contributed by atoms with Crippen molar-refractivity contribution >= 4 is 23.4 Å². The molecule has 3 aromatic rings. The number of carbonyl (C=O) groups is 1. The third-order valence-corrected chi connectivity index (χ3v) is 4.67. The van der Waals surface area contributed by atoms with Crippen LogP contribution in [0.1, 0.15) is 17.0 Å². The number of carbonyl (C=O) groups excluding carboxylic acids is 1. The minimum absolute atomic E-state index is 0.0936. The van der Waals surface area contributed by atoms with Gasteiger partial charge in [-0.25, -0.2) is 14.1 Å². The van der Waals surface area contributed by atoms with Crippen LogP contribution in [0.3, 0.4) is 0 Å². The lowest BCUT2D eigenvalue weighted by molar-refractivity contribution is -0.115. The fraction of sp³-hybridized carbons (Fsp3) is 0.316. The highest BCUT2D eigenvalue weighted by Crippen LogP contribution is 2.29. The van der Waals surface area contributed by atoms with E-state index in [0.29, 0.717) is 53.2 Å². The highest BCUT2D eigenvalue weighted by molar-refractivity contribution is 6.00. The summed E-state index contributed by atoms with van der Waals surface area (Å²) in [6.07, 6.45) is 1.76. The molecule has 0 saturated carbocycles. The van der Waals surface area contributed by atoms with Crippen molar-refractivity contribution in [2.24, 2.45) is 0 Å². The lowest BCUT2D eigenvalue weighted by Gasteiger charge is -2.27. The Balaban J connectivity index is 1.45. The summed E-state index contributed by atoms with van der Waals surface area (Å²) < 4.78 is 20.4. The predicted molar refractivity (Wildman–Crippen MR) is 108 cm³/mol. The Kier molecular flexibility index (Phi) is 5.17. The van der Waals surface area contributed by atoms with E-state index in [-0.39, 0.29) is 18.3 Å². The molecule has 0 spiro atoms. The van der Waals surface area contributed by atoms with Crippen molar-refractivity contribution in [3.05, 3.63) is 47.2 Å². The quantitative estimate of drug-likeness (QED) is 0.628. The van der Waals surface area contributed by atoms with E-state index in [9.17, 15) is 9.18 Å². The number of benzene rings is 1. The summed E-state index contributed by atoms with van der Waals surface area (Å²) in [7, 11) is 3.34. The Labute approximate surface area is 172 Å². The molecule has 30 heavy (non-hydrogen) atoms. The first-order chi connectivity index (χ1) is 14.4. The molecular weight excluding hydrogens is 391 g/mol. The normalized spacial score (nSPS) is 13.1. The van der Waals surface area contributed by atoms with Crippen molar-refractivity contribution in [3.8, 4) is 5.75 Å². The molecular formula is C19H21FN8O2. The van der Waals surface area contributed by atoms with E-state index < -0.39 is 0 Å². The van der Waals surface area contributed by atoms with Gasteiger partial charge in [0, 0.05) is 12.6 Å². The van der Waals surface area contributed by atoms with Crippen LogP contribution in [-0.4, -0.2) is 51.6 Å². The van der Waals surface area contributed by atoms with Gasteiger partial charge in [-0.3, -0.25) is 4.79 Å². The SMILES string of the molecule is COc1ccc(F)cc1Cn1cc(CNc2nc(C)c3c(n2)N(C)CC(=O)N3)nn1. The number of nitrogens with zero attached hydrogens (tertiary/aromatic N) is 6. The number of halogens is 1. The molecule has 1 aliphatic heterocycles. The summed E-state index contributed by atoms with van der Waals surface area (Å²) in [5.41, 5.74) is 2.63. The summed E-state index contributed by atoms with van der Waals surface area (Å²) in [5.74, 6) is 1.24. The highest BCUT2D eigenvalue weighted by atomic mass is 19.1. The summed E-state index contributed by atoms with van der Waals surface area (Å²) >= 11 is 0. The van der Waals surface area contributed by atoms with E-state index in [1.165, 1.54) is 19.2 Å². The van der Waals surface area contributed by atoms with Crippen LogP contribution in [-0.2, 0) is 17.9 Å². The zero-order chi connectivity index (χ0) is 21.3. The molecule has 0 radical (unpaired) electrons.